The average Bonchev–Trinajstić information content (AvgIpc) is 2.33. The van der Waals surface area contributed by atoms with E-state index in [1.54, 1.807) is 0 Å². The van der Waals surface area contributed by atoms with E-state index in [1.165, 1.54) is 16.7 Å². The lowest BCUT2D eigenvalue weighted by Gasteiger charge is -2.40. The maximum absolute atomic E-state index is 3.66. The van der Waals surface area contributed by atoms with E-state index in [0.29, 0.717) is 11.5 Å². The smallest absolute Gasteiger partial charge is 0.0244 e. The first-order valence-corrected chi connectivity index (χ1v) is 7.38. The second-order valence-corrected chi connectivity index (χ2v) is 7.04. The van der Waals surface area contributed by atoms with Crippen molar-refractivity contribution in [3.8, 4) is 0 Å². The highest BCUT2D eigenvalue weighted by atomic mass is 15.2. The van der Waals surface area contributed by atoms with Crippen molar-refractivity contribution < 1.29 is 0 Å². The molecule has 1 unspecified atom stereocenters. The Morgan fingerprint density at radius 3 is 2.68 bits per heavy atom. The van der Waals surface area contributed by atoms with Gasteiger partial charge in [0, 0.05) is 32.2 Å². The molecular weight excluding hydrogens is 232 g/mol. The molecule has 1 aliphatic rings. The van der Waals surface area contributed by atoms with E-state index in [2.05, 4.69) is 63.0 Å². The molecule has 1 aromatic carbocycles. The molecule has 1 aromatic rings. The van der Waals surface area contributed by atoms with Crippen LogP contribution >= 0.6 is 0 Å². The van der Waals surface area contributed by atoms with Crippen LogP contribution in [0.25, 0.3) is 0 Å². The fraction of sp³-hybridized carbons (Fsp3) is 0.647. The summed E-state index contributed by atoms with van der Waals surface area (Å²) in [6.07, 6.45) is 0. The Labute approximate surface area is 118 Å². The van der Waals surface area contributed by atoms with Gasteiger partial charge in [-0.05, 0) is 30.4 Å². The molecule has 0 saturated carbocycles. The van der Waals surface area contributed by atoms with Crippen LogP contribution in [0.5, 0.6) is 0 Å². The summed E-state index contributed by atoms with van der Waals surface area (Å²) in [4.78, 5) is 2.59. The second kappa shape index (κ2) is 5.64. The molecule has 1 heterocycles. The Kier molecular flexibility index (Phi) is 4.32. The van der Waals surface area contributed by atoms with Gasteiger partial charge in [0.05, 0.1) is 0 Å². The summed E-state index contributed by atoms with van der Waals surface area (Å²) < 4.78 is 0. The number of aryl methyl sites for hydroxylation is 2. The summed E-state index contributed by atoms with van der Waals surface area (Å²) in [6.45, 7) is 15.9. The van der Waals surface area contributed by atoms with Crippen LogP contribution in [-0.4, -0.2) is 30.6 Å². The van der Waals surface area contributed by atoms with Gasteiger partial charge in [0.15, 0.2) is 0 Å². The zero-order chi connectivity index (χ0) is 14.0. The van der Waals surface area contributed by atoms with Gasteiger partial charge in [-0.15, -0.1) is 0 Å². The lowest BCUT2D eigenvalue weighted by molar-refractivity contribution is 0.129. The topological polar surface area (TPSA) is 15.3 Å². The molecule has 0 spiro atoms. The molecule has 0 radical (unpaired) electrons. The monoisotopic (exact) mass is 260 g/mol. The standard InChI is InChI=1S/C17H28N2/c1-13-6-7-14(2)15(10-13)11-19-9-8-18-16(12-19)17(3,4)5/h6-7,10,16,18H,8-9,11-12H2,1-5H3. The van der Waals surface area contributed by atoms with Crippen LogP contribution in [0, 0.1) is 19.3 Å². The van der Waals surface area contributed by atoms with Crippen molar-refractivity contribution >= 4 is 0 Å². The number of piperazine rings is 1. The number of nitrogens with one attached hydrogen (secondary N) is 1. The minimum absolute atomic E-state index is 0.334. The van der Waals surface area contributed by atoms with E-state index < -0.39 is 0 Å². The van der Waals surface area contributed by atoms with Gasteiger partial charge in [-0.1, -0.05) is 44.5 Å². The molecule has 0 aliphatic carbocycles. The molecule has 2 nitrogen and oxygen atoms in total. The van der Waals surface area contributed by atoms with Gasteiger partial charge in [0.25, 0.3) is 0 Å². The molecule has 1 atom stereocenters. The number of benzene rings is 1. The SMILES string of the molecule is Cc1ccc(C)c(CN2CCNC(C(C)(C)C)C2)c1. The van der Waals surface area contributed by atoms with E-state index in [-0.39, 0.29) is 0 Å². The lowest BCUT2D eigenvalue weighted by Crippen LogP contribution is -2.55. The minimum Gasteiger partial charge on any atom is -0.311 e. The largest absolute Gasteiger partial charge is 0.311 e. The van der Waals surface area contributed by atoms with Gasteiger partial charge in [-0.3, -0.25) is 4.90 Å². The summed E-state index contributed by atoms with van der Waals surface area (Å²) in [6, 6.07) is 7.37. The van der Waals surface area contributed by atoms with E-state index in [9.17, 15) is 0 Å². The molecule has 0 bridgehead atoms. The Hall–Kier alpha value is -0.860. The Morgan fingerprint density at radius 2 is 2.00 bits per heavy atom. The predicted molar refractivity (Wildman–Crippen MR) is 82.4 cm³/mol. The third-order valence-electron chi connectivity index (χ3n) is 4.20. The number of nitrogens with zero attached hydrogens (tertiary/aromatic N) is 1. The summed E-state index contributed by atoms with van der Waals surface area (Å²) >= 11 is 0. The quantitative estimate of drug-likeness (QED) is 0.879. The van der Waals surface area contributed by atoms with Crippen LogP contribution in [0.15, 0.2) is 18.2 Å². The Bertz CT molecular complexity index is 431. The van der Waals surface area contributed by atoms with Crippen LogP contribution < -0.4 is 5.32 Å². The number of rotatable bonds is 2. The molecule has 1 saturated heterocycles. The molecule has 106 valence electrons. The molecule has 19 heavy (non-hydrogen) atoms. The summed E-state index contributed by atoms with van der Waals surface area (Å²) in [5, 5.41) is 3.66. The van der Waals surface area contributed by atoms with Crippen molar-refractivity contribution in [2.75, 3.05) is 19.6 Å². The third kappa shape index (κ3) is 3.80. The maximum Gasteiger partial charge on any atom is 0.0244 e. The van der Waals surface area contributed by atoms with Crippen molar-refractivity contribution in [3.05, 3.63) is 34.9 Å². The lowest BCUT2D eigenvalue weighted by atomic mass is 9.85. The predicted octanol–water partition coefficient (Wildman–Crippen LogP) is 3.12. The molecule has 2 heteroatoms. The van der Waals surface area contributed by atoms with Crippen LogP contribution in [-0.2, 0) is 6.54 Å². The van der Waals surface area contributed by atoms with Gasteiger partial charge < -0.3 is 5.32 Å². The van der Waals surface area contributed by atoms with Crippen molar-refractivity contribution in [2.45, 2.75) is 47.2 Å². The van der Waals surface area contributed by atoms with Crippen molar-refractivity contribution in [3.63, 3.8) is 0 Å². The molecule has 0 aromatic heterocycles. The van der Waals surface area contributed by atoms with Crippen LogP contribution in [0.3, 0.4) is 0 Å². The first kappa shape index (κ1) is 14.5. The first-order chi connectivity index (χ1) is 8.86. The molecule has 2 rings (SSSR count). The van der Waals surface area contributed by atoms with Gasteiger partial charge in [0.1, 0.15) is 0 Å². The zero-order valence-corrected chi connectivity index (χ0v) is 13.1. The number of hydrogen-bond acceptors (Lipinski definition) is 2. The maximum atomic E-state index is 3.66. The normalized spacial score (nSPS) is 21.6. The molecular formula is C17H28N2. The van der Waals surface area contributed by atoms with Crippen LogP contribution in [0.1, 0.15) is 37.5 Å². The van der Waals surface area contributed by atoms with E-state index in [0.717, 1.165) is 26.2 Å². The summed E-state index contributed by atoms with van der Waals surface area (Å²) in [5.74, 6) is 0. The molecule has 1 fully saturated rings. The van der Waals surface area contributed by atoms with E-state index in [1.807, 2.05) is 0 Å². The zero-order valence-electron chi connectivity index (χ0n) is 13.1. The molecule has 0 amide bonds. The Balaban J connectivity index is 2.05. The second-order valence-electron chi connectivity index (χ2n) is 7.04. The summed E-state index contributed by atoms with van der Waals surface area (Å²) in [7, 11) is 0. The van der Waals surface area contributed by atoms with E-state index in [4.69, 9.17) is 0 Å². The highest BCUT2D eigenvalue weighted by Gasteiger charge is 2.29. The van der Waals surface area contributed by atoms with Crippen molar-refractivity contribution in [1.29, 1.82) is 0 Å². The van der Waals surface area contributed by atoms with Gasteiger partial charge in [0.2, 0.25) is 0 Å². The Morgan fingerprint density at radius 1 is 1.26 bits per heavy atom. The van der Waals surface area contributed by atoms with Crippen LogP contribution in [0.2, 0.25) is 0 Å². The van der Waals surface area contributed by atoms with Gasteiger partial charge in [-0.25, -0.2) is 0 Å². The average molecular weight is 260 g/mol. The number of hydrogen-bond donors (Lipinski definition) is 1. The van der Waals surface area contributed by atoms with Gasteiger partial charge >= 0.3 is 0 Å². The summed E-state index contributed by atoms with van der Waals surface area (Å²) in [5.41, 5.74) is 4.59. The van der Waals surface area contributed by atoms with E-state index >= 15 is 0 Å². The fourth-order valence-electron chi connectivity index (χ4n) is 2.75. The minimum atomic E-state index is 0.334. The highest BCUT2D eigenvalue weighted by molar-refractivity contribution is 5.30. The highest BCUT2D eigenvalue weighted by Crippen LogP contribution is 2.23. The first-order valence-electron chi connectivity index (χ1n) is 7.38. The third-order valence-corrected chi connectivity index (χ3v) is 4.20. The van der Waals surface area contributed by atoms with Gasteiger partial charge in [-0.2, -0.15) is 0 Å². The van der Waals surface area contributed by atoms with Crippen molar-refractivity contribution in [1.82, 2.24) is 10.2 Å². The van der Waals surface area contributed by atoms with Crippen LogP contribution in [0.4, 0.5) is 0 Å². The van der Waals surface area contributed by atoms with Crippen molar-refractivity contribution in [2.24, 2.45) is 5.41 Å². The fourth-order valence-corrected chi connectivity index (χ4v) is 2.75. The molecule has 1 aliphatic heterocycles. The molecule has 1 N–H and O–H groups in total.